The topological polar surface area (TPSA) is 80.5 Å². The van der Waals surface area contributed by atoms with Crippen LogP contribution in [0.4, 0.5) is 11.6 Å². The maximum atomic E-state index is 11.8. The molecule has 0 aliphatic carbocycles. The number of nitrogens with zero attached hydrogens (tertiary/aromatic N) is 3. The van der Waals surface area contributed by atoms with Crippen molar-refractivity contribution in [2.24, 2.45) is 12.0 Å². The van der Waals surface area contributed by atoms with Crippen LogP contribution in [-0.2, 0) is 11.8 Å². The van der Waals surface area contributed by atoms with Gasteiger partial charge in [0.05, 0.1) is 11.0 Å². The average Bonchev–Trinajstić information content (AvgIpc) is 3.08. The number of aryl methyl sites for hydroxylation is 1. The average molecular weight is 399 g/mol. The lowest BCUT2D eigenvalue weighted by Crippen LogP contribution is -2.32. The van der Waals surface area contributed by atoms with Crippen molar-refractivity contribution in [1.82, 2.24) is 14.9 Å². The van der Waals surface area contributed by atoms with E-state index in [1.807, 2.05) is 54.1 Å². The molecule has 3 aromatic rings. The van der Waals surface area contributed by atoms with Crippen molar-refractivity contribution in [2.75, 3.05) is 12.4 Å². The van der Waals surface area contributed by atoms with Gasteiger partial charge in [-0.05, 0) is 36.4 Å². The fraction of sp³-hybridized carbons (Fsp3) is 0.174. The monoisotopic (exact) mass is 399 g/mol. The third kappa shape index (κ3) is 3.89. The van der Waals surface area contributed by atoms with Gasteiger partial charge in [-0.15, -0.1) is 6.42 Å². The first-order valence-electron chi connectivity index (χ1n) is 9.49. The number of dihydropyridines is 1. The van der Waals surface area contributed by atoms with E-state index in [0.717, 1.165) is 22.3 Å². The Morgan fingerprint density at radius 2 is 2.17 bits per heavy atom. The number of fused-ring (bicyclic) bond motifs is 1. The number of likely N-dealkylation sites (N-methyl/N-ethyl adjacent to an activating group) is 1. The molecule has 150 valence electrons. The third-order valence-electron chi connectivity index (χ3n) is 4.86. The summed E-state index contributed by atoms with van der Waals surface area (Å²) in [6, 6.07) is 12.9. The number of imidazole rings is 1. The molecule has 0 saturated carbocycles. The predicted molar refractivity (Wildman–Crippen MR) is 118 cm³/mol. The van der Waals surface area contributed by atoms with E-state index in [1.54, 1.807) is 19.3 Å². The summed E-state index contributed by atoms with van der Waals surface area (Å²) < 4.78 is 7.95. The minimum absolute atomic E-state index is 0.134. The highest BCUT2D eigenvalue weighted by Crippen LogP contribution is 2.27. The summed E-state index contributed by atoms with van der Waals surface area (Å²) in [5, 5.41) is 5.92. The van der Waals surface area contributed by atoms with Gasteiger partial charge in [0.2, 0.25) is 11.9 Å². The van der Waals surface area contributed by atoms with Gasteiger partial charge in [0, 0.05) is 44.0 Å². The molecule has 1 aromatic heterocycles. The molecule has 0 saturated heterocycles. The summed E-state index contributed by atoms with van der Waals surface area (Å²) >= 11 is 0. The second kappa shape index (κ2) is 8.13. The molecule has 1 unspecified atom stereocenters. The number of hydrogen-bond acceptors (Lipinski definition) is 5. The molecule has 7 nitrogen and oxygen atoms in total. The van der Waals surface area contributed by atoms with E-state index in [1.165, 1.54) is 0 Å². The van der Waals surface area contributed by atoms with E-state index in [-0.39, 0.29) is 5.91 Å². The van der Waals surface area contributed by atoms with Crippen molar-refractivity contribution < 1.29 is 9.53 Å². The number of amides is 1. The van der Waals surface area contributed by atoms with Gasteiger partial charge in [0.15, 0.2) is 0 Å². The lowest BCUT2D eigenvalue weighted by atomic mass is 10.1. The summed E-state index contributed by atoms with van der Waals surface area (Å²) in [5.41, 5.74) is 3.42. The molecule has 1 aliphatic rings. The van der Waals surface area contributed by atoms with Gasteiger partial charge in [-0.3, -0.25) is 9.79 Å². The van der Waals surface area contributed by atoms with E-state index < -0.39 is 6.04 Å². The fourth-order valence-corrected chi connectivity index (χ4v) is 3.27. The molecule has 0 radical (unpaired) electrons. The zero-order valence-electron chi connectivity index (χ0n) is 16.7. The summed E-state index contributed by atoms with van der Waals surface area (Å²) in [6.07, 6.45) is 9.27. The first-order valence-corrected chi connectivity index (χ1v) is 9.49. The number of terminal acetylenes is 1. The van der Waals surface area contributed by atoms with Crippen molar-refractivity contribution in [3.63, 3.8) is 0 Å². The van der Waals surface area contributed by atoms with Gasteiger partial charge in [-0.1, -0.05) is 12.0 Å². The van der Waals surface area contributed by atoms with Crippen LogP contribution in [0.3, 0.4) is 0 Å². The van der Waals surface area contributed by atoms with Gasteiger partial charge in [0.25, 0.3) is 0 Å². The molecule has 0 bridgehead atoms. The van der Waals surface area contributed by atoms with Crippen LogP contribution in [0, 0.1) is 12.3 Å². The first kappa shape index (κ1) is 19.3. The van der Waals surface area contributed by atoms with Crippen molar-refractivity contribution in [2.45, 2.75) is 12.5 Å². The van der Waals surface area contributed by atoms with Gasteiger partial charge < -0.3 is 19.9 Å². The number of allylic oxidation sites excluding steroid dienone is 1. The summed E-state index contributed by atoms with van der Waals surface area (Å²) in [5.74, 6) is 4.52. The minimum atomic E-state index is -0.469. The quantitative estimate of drug-likeness (QED) is 0.646. The van der Waals surface area contributed by atoms with E-state index in [9.17, 15) is 4.79 Å². The van der Waals surface area contributed by atoms with Crippen LogP contribution in [0.5, 0.6) is 5.75 Å². The Morgan fingerprint density at radius 3 is 2.97 bits per heavy atom. The molecule has 1 atom stereocenters. The highest BCUT2D eigenvalue weighted by Gasteiger charge is 2.21. The van der Waals surface area contributed by atoms with Crippen LogP contribution in [0.15, 0.2) is 59.3 Å². The fourth-order valence-electron chi connectivity index (χ4n) is 3.27. The number of benzene rings is 2. The SMILES string of the molecule is C#Cc1cccc(Nc2nc3cc(OC4=CC=NC(C(=O)NC)C4)ccc3n2C)c1. The Balaban J connectivity index is 1.55. The number of nitrogens with one attached hydrogen (secondary N) is 2. The number of aliphatic imine (C=N–C) groups is 1. The standard InChI is InChI=1S/C23H21N5O2/c1-4-15-6-5-7-16(12-15)26-23-27-19-13-17(8-9-21(19)28(23)3)30-18-10-11-25-20(14-18)22(29)24-2/h1,5-13,20H,14H2,2-3H3,(H,24,29)(H,26,27). The number of ether oxygens (including phenoxy) is 1. The molecule has 7 heteroatoms. The zero-order valence-corrected chi connectivity index (χ0v) is 16.7. The molecule has 0 spiro atoms. The molecule has 1 aliphatic heterocycles. The molecule has 2 aromatic carbocycles. The normalized spacial score (nSPS) is 15.4. The van der Waals surface area contributed by atoms with Crippen molar-refractivity contribution in [3.8, 4) is 18.1 Å². The smallest absolute Gasteiger partial charge is 0.245 e. The van der Waals surface area contributed by atoms with Crippen LogP contribution in [0.2, 0.25) is 0 Å². The molecule has 30 heavy (non-hydrogen) atoms. The molecule has 4 rings (SSSR count). The van der Waals surface area contributed by atoms with Crippen molar-refractivity contribution in [1.29, 1.82) is 0 Å². The Hall–Kier alpha value is -4.05. The van der Waals surface area contributed by atoms with Gasteiger partial charge in [0.1, 0.15) is 17.6 Å². The third-order valence-corrected chi connectivity index (χ3v) is 4.86. The van der Waals surface area contributed by atoms with Crippen LogP contribution < -0.4 is 15.4 Å². The largest absolute Gasteiger partial charge is 0.461 e. The molecule has 0 fully saturated rings. The Kier molecular flexibility index (Phi) is 5.22. The lowest BCUT2D eigenvalue weighted by molar-refractivity contribution is -0.121. The Labute approximate surface area is 174 Å². The lowest BCUT2D eigenvalue weighted by Gasteiger charge is -2.17. The second-order valence-electron chi connectivity index (χ2n) is 6.86. The Morgan fingerprint density at radius 1 is 1.30 bits per heavy atom. The number of carbonyl (C=O) groups excluding carboxylic acids is 1. The number of anilines is 2. The second-order valence-corrected chi connectivity index (χ2v) is 6.86. The molecule has 1 amide bonds. The summed E-state index contributed by atoms with van der Waals surface area (Å²) in [4.78, 5) is 20.7. The Bertz CT molecular complexity index is 1220. The van der Waals surface area contributed by atoms with Crippen molar-refractivity contribution >= 4 is 34.8 Å². The van der Waals surface area contributed by atoms with Crippen LogP contribution in [0.25, 0.3) is 11.0 Å². The maximum Gasteiger partial charge on any atom is 0.245 e. The zero-order chi connectivity index (χ0) is 21.1. The molecular weight excluding hydrogens is 378 g/mol. The van der Waals surface area contributed by atoms with E-state index in [4.69, 9.17) is 11.2 Å². The summed E-state index contributed by atoms with van der Waals surface area (Å²) in [6.45, 7) is 0. The minimum Gasteiger partial charge on any atom is -0.461 e. The van der Waals surface area contributed by atoms with Crippen LogP contribution in [-0.4, -0.2) is 34.8 Å². The van der Waals surface area contributed by atoms with Crippen LogP contribution >= 0.6 is 0 Å². The van der Waals surface area contributed by atoms with Gasteiger partial charge in [-0.2, -0.15) is 0 Å². The van der Waals surface area contributed by atoms with Gasteiger partial charge in [-0.25, -0.2) is 4.98 Å². The maximum absolute atomic E-state index is 11.8. The number of hydrogen-bond donors (Lipinski definition) is 2. The molecular formula is C23H21N5O2. The highest BCUT2D eigenvalue weighted by atomic mass is 16.5. The van der Waals surface area contributed by atoms with Gasteiger partial charge >= 0.3 is 0 Å². The first-order chi connectivity index (χ1) is 14.6. The number of rotatable bonds is 5. The molecule has 2 heterocycles. The number of carbonyl (C=O) groups is 1. The van der Waals surface area contributed by atoms with E-state index in [2.05, 4.69) is 26.5 Å². The summed E-state index contributed by atoms with van der Waals surface area (Å²) in [7, 11) is 3.54. The highest BCUT2D eigenvalue weighted by molar-refractivity contribution is 5.86. The van der Waals surface area contributed by atoms with E-state index in [0.29, 0.717) is 23.9 Å². The number of aromatic nitrogens is 2. The van der Waals surface area contributed by atoms with Crippen LogP contribution in [0.1, 0.15) is 12.0 Å². The predicted octanol–water partition coefficient (Wildman–Crippen LogP) is 3.15. The van der Waals surface area contributed by atoms with E-state index >= 15 is 0 Å². The molecule has 2 N–H and O–H groups in total. The van der Waals surface area contributed by atoms with Crippen molar-refractivity contribution in [3.05, 3.63) is 59.9 Å².